The van der Waals surface area contributed by atoms with Crippen molar-refractivity contribution in [3.63, 3.8) is 0 Å². The van der Waals surface area contributed by atoms with E-state index in [0.717, 1.165) is 39.1 Å². The second kappa shape index (κ2) is 4.78. The highest BCUT2D eigenvalue weighted by Crippen LogP contribution is 2.30. The Labute approximate surface area is 91.2 Å². The zero-order valence-corrected chi connectivity index (χ0v) is 9.45. The van der Waals surface area contributed by atoms with Gasteiger partial charge in [-0.15, -0.1) is 0 Å². The molecule has 4 heteroatoms. The quantitative estimate of drug-likeness (QED) is 0.722. The maximum atomic E-state index is 9.46. The minimum absolute atomic E-state index is 0.0113. The van der Waals surface area contributed by atoms with Crippen molar-refractivity contribution < 1.29 is 14.6 Å². The van der Waals surface area contributed by atoms with Gasteiger partial charge in [0.05, 0.1) is 19.3 Å². The first-order valence-corrected chi connectivity index (χ1v) is 5.72. The first kappa shape index (κ1) is 11.3. The Bertz CT molecular complexity index is 204. The van der Waals surface area contributed by atoms with Crippen molar-refractivity contribution in [1.82, 2.24) is 4.90 Å². The van der Waals surface area contributed by atoms with Crippen molar-refractivity contribution >= 4 is 0 Å². The summed E-state index contributed by atoms with van der Waals surface area (Å²) in [6, 6.07) is 0. The van der Waals surface area contributed by atoms with Crippen molar-refractivity contribution in [2.45, 2.75) is 18.9 Å². The maximum absolute atomic E-state index is 9.46. The Morgan fingerprint density at radius 3 is 3.00 bits per heavy atom. The summed E-state index contributed by atoms with van der Waals surface area (Å²) in [5.41, 5.74) is -0.0113. The molecule has 2 heterocycles. The minimum atomic E-state index is -0.0113. The first-order valence-electron chi connectivity index (χ1n) is 5.72. The van der Waals surface area contributed by atoms with Crippen molar-refractivity contribution in [2.75, 3.05) is 46.6 Å². The molecule has 2 fully saturated rings. The average Bonchev–Trinajstić information content (AvgIpc) is 2.88. The molecule has 0 aromatic carbocycles. The van der Waals surface area contributed by atoms with Gasteiger partial charge in [-0.2, -0.15) is 0 Å². The SMILES string of the molecule is COC1CCN(CC2(CO)CCOC2)C1. The molecule has 2 saturated heterocycles. The highest BCUT2D eigenvalue weighted by molar-refractivity contribution is 4.88. The summed E-state index contributed by atoms with van der Waals surface area (Å²) in [7, 11) is 1.77. The highest BCUT2D eigenvalue weighted by Gasteiger charge is 2.37. The largest absolute Gasteiger partial charge is 0.396 e. The van der Waals surface area contributed by atoms with Gasteiger partial charge in [0.1, 0.15) is 0 Å². The lowest BCUT2D eigenvalue weighted by Crippen LogP contribution is -2.40. The minimum Gasteiger partial charge on any atom is -0.396 e. The van der Waals surface area contributed by atoms with E-state index in [-0.39, 0.29) is 12.0 Å². The third kappa shape index (κ3) is 2.50. The lowest BCUT2D eigenvalue weighted by atomic mass is 9.88. The third-order valence-corrected chi connectivity index (χ3v) is 3.64. The van der Waals surface area contributed by atoms with Gasteiger partial charge < -0.3 is 14.6 Å². The first-order chi connectivity index (χ1) is 7.28. The van der Waals surface area contributed by atoms with E-state index in [1.165, 1.54) is 0 Å². The number of methoxy groups -OCH3 is 1. The molecular formula is C11H21NO3. The van der Waals surface area contributed by atoms with Crippen LogP contribution in [0.25, 0.3) is 0 Å². The van der Waals surface area contributed by atoms with Crippen LogP contribution in [0.1, 0.15) is 12.8 Å². The monoisotopic (exact) mass is 215 g/mol. The highest BCUT2D eigenvalue weighted by atomic mass is 16.5. The number of ether oxygens (including phenoxy) is 2. The fraction of sp³-hybridized carbons (Fsp3) is 1.00. The maximum Gasteiger partial charge on any atom is 0.0710 e. The standard InChI is InChI=1S/C11H21NO3/c1-14-10-2-4-12(6-10)7-11(8-13)3-5-15-9-11/h10,13H,2-9H2,1H3. The van der Waals surface area contributed by atoms with Crippen LogP contribution >= 0.6 is 0 Å². The predicted octanol–water partition coefficient (Wildman–Crippen LogP) is 0.106. The van der Waals surface area contributed by atoms with Crippen molar-refractivity contribution in [3.05, 3.63) is 0 Å². The molecule has 88 valence electrons. The van der Waals surface area contributed by atoms with Crippen LogP contribution in [0, 0.1) is 5.41 Å². The van der Waals surface area contributed by atoms with E-state index in [4.69, 9.17) is 9.47 Å². The number of hydrogen-bond donors (Lipinski definition) is 1. The van der Waals surface area contributed by atoms with Gasteiger partial charge in [0.25, 0.3) is 0 Å². The van der Waals surface area contributed by atoms with Gasteiger partial charge in [0.15, 0.2) is 0 Å². The van der Waals surface area contributed by atoms with Gasteiger partial charge in [0.2, 0.25) is 0 Å². The fourth-order valence-electron chi connectivity index (χ4n) is 2.56. The van der Waals surface area contributed by atoms with Crippen molar-refractivity contribution in [1.29, 1.82) is 0 Å². The molecule has 2 aliphatic heterocycles. The van der Waals surface area contributed by atoms with Crippen LogP contribution in [0.15, 0.2) is 0 Å². The predicted molar refractivity (Wildman–Crippen MR) is 56.8 cm³/mol. The summed E-state index contributed by atoms with van der Waals surface area (Å²) >= 11 is 0. The molecule has 2 unspecified atom stereocenters. The Morgan fingerprint density at radius 2 is 2.47 bits per heavy atom. The zero-order valence-electron chi connectivity index (χ0n) is 9.45. The van der Waals surface area contributed by atoms with Crippen LogP contribution in [0.3, 0.4) is 0 Å². The van der Waals surface area contributed by atoms with Gasteiger partial charge in [0, 0.05) is 38.8 Å². The molecule has 0 saturated carbocycles. The Morgan fingerprint density at radius 1 is 1.60 bits per heavy atom. The fourth-order valence-corrected chi connectivity index (χ4v) is 2.56. The number of aliphatic hydroxyl groups is 1. The molecule has 0 aliphatic carbocycles. The number of hydrogen-bond acceptors (Lipinski definition) is 4. The van der Waals surface area contributed by atoms with Crippen LogP contribution in [0.5, 0.6) is 0 Å². The lowest BCUT2D eigenvalue weighted by molar-refractivity contribution is 0.0543. The Balaban J connectivity index is 1.85. The van der Waals surface area contributed by atoms with Gasteiger partial charge >= 0.3 is 0 Å². The summed E-state index contributed by atoms with van der Waals surface area (Å²) < 4.78 is 10.7. The lowest BCUT2D eigenvalue weighted by Gasteiger charge is -2.30. The number of aliphatic hydroxyl groups excluding tert-OH is 1. The molecule has 0 aromatic heterocycles. The van der Waals surface area contributed by atoms with Crippen LogP contribution < -0.4 is 0 Å². The van der Waals surface area contributed by atoms with E-state index in [0.29, 0.717) is 12.7 Å². The van der Waals surface area contributed by atoms with E-state index < -0.39 is 0 Å². The molecule has 15 heavy (non-hydrogen) atoms. The van der Waals surface area contributed by atoms with Gasteiger partial charge in [-0.25, -0.2) is 0 Å². The van der Waals surface area contributed by atoms with E-state index in [1.807, 2.05) is 0 Å². The molecule has 0 bridgehead atoms. The molecule has 2 aliphatic rings. The Kier molecular flexibility index (Phi) is 3.61. The molecule has 0 radical (unpaired) electrons. The summed E-state index contributed by atoms with van der Waals surface area (Å²) in [5, 5.41) is 9.46. The molecule has 2 atom stereocenters. The summed E-state index contributed by atoms with van der Waals surface area (Å²) in [4.78, 5) is 2.39. The van der Waals surface area contributed by atoms with E-state index in [1.54, 1.807) is 7.11 Å². The molecule has 1 N–H and O–H groups in total. The van der Waals surface area contributed by atoms with Crippen LogP contribution in [0.2, 0.25) is 0 Å². The van der Waals surface area contributed by atoms with Gasteiger partial charge in [-0.3, -0.25) is 4.90 Å². The van der Waals surface area contributed by atoms with Crippen LogP contribution in [-0.2, 0) is 9.47 Å². The molecule has 0 spiro atoms. The topological polar surface area (TPSA) is 41.9 Å². The van der Waals surface area contributed by atoms with Crippen LogP contribution in [0.4, 0.5) is 0 Å². The average molecular weight is 215 g/mol. The molecular weight excluding hydrogens is 194 g/mol. The number of likely N-dealkylation sites (tertiary alicyclic amines) is 1. The third-order valence-electron chi connectivity index (χ3n) is 3.64. The second-order valence-corrected chi connectivity index (χ2v) is 4.84. The molecule has 0 amide bonds. The van der Waals surface area contributed by atoms with Gasteiger partial charge in [-0.05, 0) is 12.8 Å². The normalized spacial score (nSPS) is 37.6. The van der Waals surface area contributed by atoms with Crippen molar-refractivity contribution in [2.24, 2.45) is 5.41 Å². The van der Waals surface area contributed by atoms with E-state index in [9.17, 15) is 5.11 Å². The van der Waals surface area contributed by atoms with Crippen LogP contribution in [-0.4, -0.2) is 62.7 Å². The van der Waals surface area contributed by atoms with E-state index >= 15 is 0 Å². The summed E-state index contributed by atoms with van der Waals surface area (Å²) in [5.74, 6) is 0. The molecule has 2 rings (SSSR count). The zero-order chi connectivity index (χ0) is 10.7. The smallest absolute Gasteiger partial charge is 0.0710 e. The summed E-state index contributed by atoms with van der Waals surface area (Å²) in [6.07, 6.45) is 2.47. The van der Waals surface area contributed by atoms with E-state index in [2.05, 4.69) is 4.90 Å². The number of nitrogens with zero attached hydrogens (tertiary/aromatic N) is 1. The van der Waals surface area contributed by atoms with Gasteiger partial charge in [-0.1, -0.05) is 0 Å². The Hall–Kier alpha value is -0.160. The second-order valence-electron chi connectivity index (χ2n) is 4.84. The molecule has 0 aromatic rings. The van der Waals surface area contributed by atoms with Crippen molar-refractivity contribution in [3.8, 4) is 0 Å². The number of rotatable bonds is 4. The molecule has 4 nitrogen and oxygen atoms in total. The summed E-state index contributed by atoms with van der Waals surface area (Å²) in [6.45, 7) is 4.77.